The van der Waals surface area contributed by atoms with Gasteiger partial charge in [-0.3, -0.25) is 0 Å². The Labute approximate surface area is 183 Å². The Kier molecular flexibility index (Phi) is 3.37. The van der Waals surface area contributed by atoms with E-state index >= 15 is 0 Å². The first-order valence-corrected chi connectivity index (χ1v) is 11.0. The maximum Gasteiger partial charge on any atom is 0.343 e. The van der Waals surface area contributed by atoms with Crippen molar-refractivity contribution in [1.82, 2.24) is 0 Å². The summed E-state index contributed by atoms with van der Waals surface area (Å²) >= 11 is 0. The van der Waals surface area contributed by atoms with Crippen LogP contribution in [0.4, 0.5) is 13.2 Å². The fraction of sp³-hybridized carbons (Fsp3) is 0.296. The summed E-state index contributed by atoms with van der Waals surface area (Å²) in [5, 5.41) is 0. The normalized spacial score (nSPS) is 34.5. The van der Waals surface area contributed by atoms with Gasteiger partial charge >= 0.3 is 5.97 Å². The second kappa shape index (κ2) is 5.83. The lowest BCUT2D eigenvalue weighted by molar-refractivity contribution is 0.0733. The van der Waals surface area contributed by atoms with Crippen molar-refractivity contribution in [2.24, 2.45) is 35.0 Å². The monoisotopic (exact) mass is 432 g/mol. The highest BCUT2D eigenvalue weighted by atomic mass is 19.2. The Morgan fingerprint density at radius 2 is 1.34 bits per heavy atom. The third-order valence-electron chi connectivity index (χ3n) is 8.41. The molecule has 5 heteroatoms. The summed E-state index contributed by atoms with van der Waals surface area (Å²) < 4.78 is 44.6. The molecule has 0 heterocycles. The van der Waals surface area contributed by atoms with Crippen molar-refractivity contribution in [3.63, 3.8) is 0 Å². The van der Waals surface area contributed by atoms with Crippen molar-refractivity contribution >= 4 is 5.97 Å². The number of hydrogen-bond acceptors (Lipinski definition) is 2. The third kappa shape index (κ3) is 2.29. The third-order valence-corrected chi connectivity index (χ3v) is 8.41. The summed E-state index contributed by atoms with van der Waals surface area (Å²) in [6, 6.07) is 16.8. The van der Waals surface area contributed by atoms with Crippen LogP contribution in [0.25, 0.3) is 11.1 Å². The van der Waals surface area contributed by atoms with E-state index in [2.05, 4.69) is 31.2 Å². The fourth-order valence-electron chi connectivity index (χ4n) is 6.80. The molecule has 4 aliphatic rings. The van der Waals surface area contributed by atoms with Crippen molar-refractivity contribution in [2.45, 2.75) is 12.8 Å². The molecule has 0 bridgehead atoms. The minimum atomic E-state index is -1.60. The lowest BCUT2D eigenvalue weighted by Crippen LogP contribution is -2.12. The van der Waals surface area contributed by atoms with Gasteiger partial charge in [0.05, 0.1) is 5.56 Å². The zero-order valence-electron chi connectivity index (χ0n) is 17.2. The molecule has 4 aliphatic carbocycles. The number of ether oxygens (including phenoxy) is 1. The first-order chi connectivity index (χ1) is 15.4. The van der Waals surface area contributed by atoms with Gasteiger partial charge in [-0.15, -0.1) is 0 Å². The Balaban J connectivity index is 1.02. The van der Waals surface area contributed by atoms with E-state index < -0.39 is 23.4 Å². The maximum absolute atomic E-state index is 13.3. The molecule has 32 heavy (non-hydrogen) atoms. The predicted molar refractivity (Wildman–Crippen MR) is 111 cm³/mol. The van der Waals surface area contributed by atoms with Crippen LogP contribution in [-0.2, 0) is 0 Å². The SMILES string of the molecule is CC1C2C1C21C2C(c3ccc(-c4ccc(C(=O)Oc5cc(F)c(F)c(F)c5)cc4)cc3)C21. The molecule has 0 N–H and O–H groups in total. The van der Waals surface area contributed by atoms with E-state index in [1.807, 2.05) is 0 Å². The fourth-order valence-corrected chi connectivity index (χ4v) is 6.80. The highest BCUT2D eigenvalue weighted by Gasteiger charge is 3.03. The molecule has 0 saturated heterocycles. The number of benzene rings is 3. The van der Waals surface area contributed by atoms with Gasteiger partial charge in [0.25, 0.3) is 0 Å². The maximum atomic E-state index is 13.3. The van der Waals surface area contributed by atoms with E-state index in [4.69, 9.17) is 4.74 Å². The number of rotatable bonds is 4. The van der Waals surface area contributed by atoms with Crippen LogP contribution in [0.15, 0.2) is 60.7 Å². The smallest absolute Gasteiger partial charge is 0.343 e. The molecule has 0 radical (unpaired) electrons. The first-order valence-electron chi connectivity index (χ1n) is 11.0. The molecular weight excluding hydrogens is 413 g/mol. The van der Waals surface area contributed by atoms with Crippen molar-refractivity contribution in [3.8, 4) is 16.9 Å². The van der Waals surface area contributed by atoms with Crippen LogP contribution in [0.1, 0.15) is 28.8 Å². The van der Waals surface area contributed by atoms with Crippen LogP contribution in [-0.4, -0.2) is 5.97 Å². The van der Waals surface area contributed by atoms with Gasteiger partial charge in [0.2, 0.25) is 0 Å². The molecule has 3 aromatic carbocycles. The summed E-state index contributed by atoms with van der Waals surface area (Å²) in [6.45, 7) is 2.38. The van der Waals surface area contributed by atoms with Crippen LogP contribution in [0.3, 0.4) is 0 Å². The van der Waals surface area contributed by atoms with Crippen molar-refractivity contribution in [3.05, 3.63) is 89.2 Å². The molecule has 3 aromatic rings. The van der Waals surface area contributed by atoms with Gasteiger partial charge in [-0.1, -0.05) is 43.3 Å². The lowest BCUT2D eigenvalue weighted by Gasteiger charge is -2.18. The number of carbonyl (C=O) groups excluding carboxylic acids is 1. The standard InChI is InChI=1S/C27H19F3O2/c1-12-21-22(12)27(21)23-20(24(23)27)15-6-2-13(3-7-15)14-4-8-16(9-5-14)26(31)32-17-10-18(28)25(30)19(29)11-17/h2-12,20-24H,1H3. The molecule has 2 nitrogen and oxygen atoms in total. The quantitative estimate of drug-likeness (QED) is 0.278. The molecule has 4 unspecified atom stereocenters. The number of fused-ring (bicyclic) bond motifs is 6. The van der Waals surface area contributed by atoms with Crippen LogP contribution >= 0.6 is 0 Å². The van der Waals surface area contributed by atoms with E-state index in [-0.39, 0.29) is 11.3 Å². The zero-order chi connectivity index (χ0) is 21.9. The zero-order valence-corrected chi connectivity index (χ0v) is 17.2. The van der Waals surface area contributed by atoms with Gasteiger partial charge in [0.1, 0.15) is 5.75 Å². The largest absolute Gasteiger partial charge is 0.423 e. The second-order valence-electron chi connectivity index (χ2n) is 9.78. The first kappa shape index (κ1) is 18.5. The highest BCUT2D eigenvalue weighted by Crippen LogP contribution is 3.07. The minimum absolute atomic E-state index is 0.233. The topological polar surface area (TPSA) is 26.3 Å². The molecule has 4 fully saturated rings. The van der Waals surface area contributed by atoms with Gasteiger partial charge in [-0.05, 0) is 69.7 Å². The Morgan fingerprint density at radius 3 is 1.88 bits per heavy atom. The van der Waals surface area contributed by atoms with E-state index in [1.165, 1.54) is 5.56 Å². The van der Waals surface area contributed by atoms with Crippen molar-refractivity contribution < 1.29 is 22.7 Å². The van der Waals surface area contributed by atoms with Gasteiger partial charge in [0, 0.05) is 12.1 Å². The second-order valence-corrected chi connectivity index (χ2v) is 9.78. The van der Waals surface area contributed by atoms with Gasteiger partial charge < -0.3 is 4.74 Å². The van der Waals surface area contributed by atoms with Gasteiger partial charge in [-0.2, -0.15) is 0 Å². The molecule has 4 atom stereocenters. The summed E-state index contributed by atoms with van der Waals surface area (Å²) in [5.74, 6) is 0.195. The summed E-state index contributed by atoms with van der Waals surface area (Å²) in [4.78, 5) is 12.3. The molecule has 1 spiro atoms. The van der Waals surface area contributed by atoms with E-state index in [0.29, 0.717) is 12.1 Å². The van der Waals surface area contributed by atoms with Crippen LogP contribution in [0.5, 0.6) is 5.75 Å². The van der Waals surface area contributed by atoms with Gasteiger partial charge in [0.15, 0.2) is 17.5 Å². The number of halogens is 3. The number of esters is 1. The van der Waals surface area contributed by atoms with Crippen LogP contribution in [0.2, 0.25) is 0 Å². The summed E-state index contributed by atoms with van der Waals surface area (Å²) in [5.41, 5.74) is 4.48. The molecule has 0 amide bonds. The molecule has 7 rings (SSSR count). The highest BCUT2D eigenvalue weighted by molar-refractivity contribution is 5.91. The summed E-state index contributed by atoms with van der Waals surface area (Å²) in [6.07, 6.45) is 0. The van der Waals surface area contributed by atoms with E-state index in [0.717, 1.165) is 52.0 Å². The van der Waals surface area contributed by atoms with Crippen LogP contribution in [0, 0.1) is 52.5 Å². The van der Waals surface area contributed by atoms with Crippen molar-refractivity contribution in [2.75, 3.05) is 0 Å². The van der Waals surface area contributed by atoms with Crippen molar-refractivity contribution in [1.29, 1.82) is 0 Å². The Hall–Kier alpha value is -3.08. The van der Waals surface area contributed by atoms with Crippen LogP contribution < -0.4 is 4.74 Å². The molecular formula is C27H19F3O2. The molecule has 0 aliphatic heterocycles. The average molecular weight is 432 g/mol. The average Bonchev–Trinajstić information content (AvgIpc) is 3.65. The number of carbonyl (C=O) groups is 1. The Morgan fingerprint density at radius 1 is 0.812 bits per heavy atom. The van der Waals surface area contributed by atoms with E-state index in [1.54, 1.807) is 24.3 Å². The molecule has 0 aromatic heterocycles. The Bertz CT molecular complexity index is 1250. The lowest BCUT2D eigenvalue weighted by atomic mass is 9.85. The van der Waals surface area contributed by atoms with E-state index in [9.17, 15) is 18.0 Å². The minimum Gasteiger partial charge on any atom is -0.423 e. The molecule has 4 saturated carbocycles. The number of hydrogen-bond donors (Lipinski definition) is 0. The van der Waals surface area contributed by atoms with Gasteiger partial charge in [-0.25, -0.2) is 18.0 Å². The molecule has 160 valence electrons. The predicted octanol–water partition coefficient (Wildman–Crippen LogP) is 6.22. The summed E-state index contributed by atoms with van der Waals surface area (Å²) in [7, 11) is 0.